The second kappa shape index (κ2) is 10.1. The van der Waals surface area contributed by atoms with Gasteiger partial charge in [0.2, 0.25) is 5.95 Å². The Morgan fingerprint density at radius 3 is 2.26 bits per heavy atom. The van der Waals surface area contributed by atoms with E-state index in [0.29, 0.717) is 11.5 Å². The Morgan fingerprint density at radius 1 is 0.824 bits per heavy atom. The Morgan fingerprint density at radius 2 is 1.53 bits per heavy atom. The van der Waals surface area contributed by atoms with E-state index in [2.05, 4.69) is 37.6 Å². The summed E-state index contributed by atoms with van der Waals surface area (Å²) in [6, 6.07) is 26.9. The Kier molecular flexibility index (Phi) is 6.45. The van der Waals surface area contributed by atoms with Crippen molar-refractivity contribution in [2.45, 2.75) is 0 Å². The average Bonchev–Trinajstić information content (AvgIpc) is 2.91. The SMILES string of the molecule is O=C(Nc1ccc(-c2ccnc(Nc3ccc(N4CCOCC4)cc3)n2)cc1)c1ccccc1. The van der Waals surface area contributed by atoms with Gasteiger partial charge in [0.25, 0.3) is 5.91 Å². The zero-order chi connectivity index (χ0) is 23.2. The highest BCUT2D eigenvalue weighted by atomic mass is 16.5. The standard InChI is InChI=1S/C27H25N5O2/c33-26(21-4-2-1-3-5-21)29-22-8-6-20(7-9-22)25-14-15-28-27(31-25)30-23-10-12-24(13-11-23)32-16-18-34-19-17-32/h1-15H,16-19H2,(H,29,33)(H,28,30,31). The number of morpholine rings is 1. The summed E-state index contributed by atoms with van der Waals surface area (Å²) in [5.74, 6) is 0.389. The van der Waals surface area contributed by atoms with Crippen LogP contribution in [0, 0.1) is 0 Å². The monoisotopic (exact) mass is 451 g/mol. The lowest BCUT2D eigenvalue weighted by Gasteiger charge is -2.28. The first-order valence-electron chi connectivity index (χ1n) is 11.2. The molecule has 7 nitrogen and oxygen atoms in total. The summed E-state index contributed by atoms with van der Waals surface area (Å²) in [6.45, 7) is 3.35. The van der Waals surface area contributed by atoms with E-state index in [1.54, 1.807) is 18.3 Å². The maximum absolute atomic E-state index is 12.3. The molecule has 0 unspecified atom stereocenters. The molecular weight excluding hydrogens is 426 g/mol. The van der Waals surface area contributed by atoms with Crippen LogP contribution in [-0.2, 0) is 4.74 Å². The summed E-state index contributed by atoms with van der Waals surface area (Å²) in [7, 11) is 0. The van der Waals surface area contributed by atoms with Crippen LogP contribution in [0.25, 0.3) is 11.3 Å². The van der Waals surface area contributed by atoms with E-state index in [4.69, 9.17) is 4.74 Å². The number of ether oxygens (including phenoxy) is 1. The van der Waals surface area contributed by atoms with Crippen molar-refractivity contribution in [1.29, 1.82) is 0 Å². The predicted octanol–water partition coefficient (Wildman–Crippen LogP) is 4.98. The van der Waals surface area contributed by atoms with Gasteiger partial charge in [0.15, 0.2) is 0 Å². The number of nitrogens with zero attached hydrogens (tertiary/aromatic N) is 3. The van der Waals surface area contributed by atoms with Crippen LogP contribution in [0.2, 0.25) is 0 Å². The number of anilines is 4. The van der Waals surface area contributed by atoms with Gasteiger partial charge in [-0.1, -0.05) is 30.3 Å². The molecular formula is C27H25N5O2. The fraction of sp³-hybridized carbons (Fsp3) is 0.148. The number of hydrogen-bond donors (Lipinski definition) is 2. The number of carbonyl (C=O) groups is 1. The molecule has 2 N–H and O–H groups in total. The van der Waals surface area contributed by atoms with E-state index in [0.717, 1.165) is 48.9 Å². The van der Waals surface area contributed by atoms with Crippen molar-refractivity contribution < 1.29 is 9.53 Å². The third-order valence-corrected chi connectivity index (χ3v) is 5.63. The van der Waals surface area contributed by atoms with Crippen LogP contribution in [0.3, 0.4) is 0 Å². The van der Waals surface area contributed by atoms with Gasteiger partial charge < -0.3 is 20.3 Å². The Balaban J connectivity index is 1.24. The third kappa shape index (κ3) is 5.22. The number of carbonyl (C=O) groups excluding carboxylic acids is 1. The summed E-state index contributed by atoms with van der Waals surface area (Å²) in [5.41, 5.74) is 5.19. The largest absolute Gasteiger partial charge is 0.378 e. The second-order valence-corrected chi connectivity index (χ2v) is 7.93. The van der Waals surface area contributed by atoms with Crippen LogP contribution in [0.1, 0.15) is 10.4 Å². The second-order valence-electron chi connectivity index (χ2n) is 7.93. The summed E-state index contributed by atoms with van der Waals surface area (Å²) in [4.78, 5) is 23.7. The molecule has 0 saturated carbocycles. The topological polar surface area (TPSA) is 79.4 Å². The summed E-state index contributed by atoms with van der Waals surface area (Å²) >= 11 is 0. The first-order valence-corrected chi connectivity index (χ1v) is 11.2. The number of aromatic nitrogens is 2. The number of hydrogen-bond acceptors (Lipinski definition) is 6. The zero-order valence-corrected chi connectivity index (χ0v) is 18.6. The van der Waals surface area contributed by atoms with E-state index >= 15 is 0 Å². The molecule has 5 rings (SSSR count). The number of nitrogens with one attached hydrogen (secondary N) is 2. The van der Waals surface area contributed by atoms with Crippen LogP contribution in [0.4, 0.5) is 23.0 Å². The van der Waals surface area contributed by atoms with E-state index in [9.17, 15) is 4.79 Å². The number of amides is 1. The van der Waals surface area contributed by atoms with E-state index < -0.39 is 0 Å². The number of rotatable bonds is 6. The first kappa shape index (κ1) is 21.6. The van der Waals surface area contributed by atoms with Gasteiger partial charge in [-0.2, -0.15) is 0 Å². The number of benzene rings is 3. The molecule has 1 saturated heterocycles. The molecule has 0 atom stereocenters. The zero-order valence-electron chi connectivity index (χ0n) is 18.6. The van der Waals surface area contributed by atoms with Crippen molar-refractivity contribution in [2.24, 2.45) is 0 Å². The van der Waals surface area contributed by atoms with Crippen LogP contribution in [-0.4, -0.2) is 42.2 Å². The quantitative estimate of drug-likeness (QED) is 0.431. The third-order valence-electron chi connectivity index (χ3n) is 5.63. The molecule has 4 aromatic rings. The lowest BCUT2D eigenvalue weighted by molar-refractivity contribution is 0.102. The van der Waals surface area contributed by atoms with Crippen molar-refractivity contribution in [3.05, 3.63) is 96.7 Å². The van der Waals surface area contributed by atoms with Crippen LogP contribution in [0.15, 0.2) is 91.1 Å². The van der Waals surface area contributed by atoms with Crippen molar-refractivity contribution in [1.82, 2.24) is 9.97 Å². The molecule has 0 spiro atoms. The minimum atomic E-state index is -0.137. The lowest BCUT2D eigenvalue weighted by atomic mass is 10.1. The summed E-state index contributed by atoms with van der Waals surface area (Å²) in [6.07, 6.45) is 1.73. The molecule has 1 aliphatic heterocycles. The van der Waals surface area contributed by atoms with Crippen LogP contribution >= 0.6 is 0 Å². The molecule has 1 fully saturated rings. The van der Waals surface area contributed by atoms with Gasteiger partial charge in [-0.3, -0.25) is 4.79 Å². The molecule has 2 heterocycles. The highest BCUT2D eigenvalue weighted by Crippen LogP contribution is 2.23. The Bertz CT molecular complexity index is 1240. The van der Waals surface area contributed by atoms with Gasteiger partial charge in [-0.15, -0.1) is 0 Å². The fourth-order valence-corrected chi connectivity index (χ4v) is 3.80. The van der Waals surface area contributed by atoms with E-state index in [-0.39, 0.29) is 5.91 Å². The van der Waals surface area contributed by atoms with Crippen molar-refractivity contribution in [3.8, 4) is 11.3 Å². The van der Waals surface area contributed by atoms with E-state index in [1.165, 1.54) is 5.69 Å². The minimum Gasteiger partial charge on any atom is -0.378 e. The van der Waals surface area contributed by atoms with E-state index in [1.807, 2.05) is 60.7 Å². The smallest absolute Gasteiger partial charge is 0.255 e. The van der Waals surface area contributed by atoms with Crippen molar-refractivity contribution >= 4 is 28.9 Å². The average molecular weight is 452 g/mol. The molecule has 34 heavy (non-hydrogen) atoms. The van der Waals surface area contributed by atoms with Crippen LogP contribution < -0.4 is 15.5 Å². The molecule has 7 heteroatoms. The van der Waals surface area contributed by atoms with Crippen molar-refractivity contribution in [2.75, 3.05) is 41.8 Å². The highest BCUT2D eigenvalue weighted by Gasteiger charge is 2.11. The van der Waals surface area contributed by atoms with Gasteiger partial charge in [0.1, 0.15) is 0 Å². The Labute approximate surface area is 198 Å². The first-order chi connectivity index (χ1) is 16.7. The normalized spacial score (nSPS) is 13.4. The molecule has 170 valence electrons. The molecule has 1 amide bonds. The van der Waals surface area contributed by atoms with Gasteiger partial charge >= 0.3 is 0 Å². The van der Waals surface area contributed by atoms with Gasteiger partial charge in [0, 0.05) is 47.5 Å². The van der Waals surface area contributed by atoms with Gasteiger partial charge in [-0.25, -0.2) is 9.97 Å². The Hall–Kier alpha value is -4.23. The maximum atomic E-state index is 12.3. The predicted molar refractivity (Wildman–Crippen MR) is 135 cm³/mol. The summed E-state index contributed by atoms with van der Waals surface area (Å²) < 4.78 is 5.42. The molecule has 1 aliphatic rings. The molecule has 0 bridgehead atoms. The molecule has 1 aromatic heterocycles. The molecule has 3 aromatic carbocycles. The molecule has 0 radical (unpaired) electrons. The van der Waals surface area contributed by atoms with Gasteiger partial charge in [-0.05, 0) is 54.6 Å². The molecule has 0 aliphatic carbocycles. The maximum Gasteiger partial charge on any atom is 0.255 e. The van der Waals surface area contributed by atoms with Crippen LogP contribution in [0.5, 0.6) is 0 Å². The van der Waals surface area contributed by atoms with Crippen molar-refractivity contribution in [3.63, 3.8) is 0 Å². The fourth-order valence-electron chi connectivity index (χ4n) is 3.80. The lowest BCUT2D eigenvalue weighted by Crippen LogP contribution is -2.36. The minimum absolute atomic E-state index is 0.137. The summed E-state index contributed by atoms with van der Waals surface area (Å²) in [5, 5.41) is 6.19. The van der Waals surface area contributed by atoms with Gasteiger partial charge in [0.05, 0.1) is 18.9 Å². The highest BCUT2D eigenvalue weighted by molar-refractivity contribution is 6.04.